The second kappa shape index (κ2) is 4.76. The van der Waals surface area contributed by atoms with Crippen LogP contribution in [-0.4, -0.2) is 35.7 Å². The summed E-state index contributed by atoms with van der Waals surface area (Å²) in [5.74, 6) is -0.978. The van der Waals surface area contributed by atoms with Gasteiger partial charge < -0.3 is 5.73 Å². The van der Waals surface area contributed by atoms with Crippen LogP contribution >= 0.6 is 0 Å². The third-order valence-electron chi connectivity index (χ3n) is 4.06. The first-order valence-electron chi connectivity index (χ1n) is 6.16. The molecular formula is C12H23F3N2. The summed E-state index contributed by atoms with van der Waals surface area (Å²) in [6.45, 7) is 8.28. The molecule has 2 atom stereocenters. The SMILES string of the molecule is CC(C)C(CN)N1CCC(C(F)(F)F)C1(C)C. The van der Waals surface area contributed by atoms with Crippen molar-refractivity contribution in [2.24, 2.45) is 17.6 Å². The molecule has 1 aliphatic rings. The average molecular weight is 252 g/mol. The molecule has 2 nitrogen and oxygen atoms in total. The van der Waals surface area contributed by atoms with Gasteiger partial charge in [0.1, 0.15) is 0 Å². The van der Waals surface area contributed by atoms with E-state index in [2.05, 4.69) is 0 Å². The molecule has 5 heteroatoms. The van der Waals surface area contributed by atoms with Crippen molar-refractivity contribution >= 4 is 0 Å². The van der Waals surface area contributed by atoms with Gasteiger partial charge in [0.15, 0.2) is 0 Å². The van der Waals surface area contributed by atoms with Gasteiger partial charge >= 0.3 is 6.18 Å². The third kappa shape index (κ3) is 2.76. The van der Waals surface area contributed by atoms with Gasteiger partial charge in [0, 0.05) is 18.1 Å². The van der Waals surface area contributed by atoms with Crippen molar-refractivity contribution < 1.29 is 13.2 Å². The van der Waals surface area contributed by atoms with Crippen LogP contribution in [0.25, 0.3) is 0 Å². The summed E-state index contributed by atoms with van der Waals surface area (Å²) >= 11 is 0. The summed E-state index contributed by atoms with van der Waals surface area (Å²) in [6, 6.07) is 0.0253. The molecule has 0 amide bonds. The van der Waals surface area contributed by atoms with Crippen molar-refractivity contribution in [2.75, 3.05) is 13.1 Å². The van der Waals surface area contributed by atoms with Crippen LogP contribution in [0, 0.1) is 11.8 Å². The zero-order valence-electron chi connectivity index (χ0n) is 11.0. The van der Waals surface area contributed by atoms with Gasteiger partial charge in [-0.05, 0) is 32.7 Å². The van der Waals surface area contributed by atoms with E-state index in [4.69, 9.17) is 5.73 Å². The minimum Gasteiger partial charge on any atom is -0.329 e. The van der Waals surface area contributed by atoms with E-state index in [1.807, 2.05) is 18.7 Å². The quantitative estimate of drug-likeness (QED) is 0.836. The second-order valence-corrected chi connectivity index (χ2v) is 5.78. The monoisotopic (exact) mass is 252 g/mol. The molecule has 1 fully saturated rings. The fourth-order valence-electron chi connectivity index (χ4n) is 3.03. The van der Waals surface area contributed by atoms with Crippen LogP contribution in [0.2, 0.25) is 0 Å². The smallest absolute Gasteiger partial charge is 0.329 e. The Morgan fingerprint density at radius 2 is 1.88 bits per heavy atom. The lowest BCUT2D eigenvalue weighted by atomic mass is 9.86. The number of rotatable bonds is 3. The van der Waals surface area contributed by atoms with Gasteiger partial charge in [-0.3, -0.25) is 4.90 Å². The zero-order valence-corrected chi connectivity index (χ0v) is 11.0. The van der Waals surface area contributed by atoms with Gasteiger partial charge in [-0.1, -0.05) is 13.8 Å². The Hall–Kier alpha value is -0.290. The van der Waals surface area contributed by atoms with Crippen molar-refractivity contribution in [3.05, 3.63) is 0 Å². The molecule has 102 valence electrons. The topological polar surface area (TPSA) is 29.3 Å². The molecule has 0 aliphatic carbocycles. The lowest BCUT2D eigenvalue weighted by Gasteiger charge is -2.42. The number of halogens is 3. The number of alkyl halides is 3. The van der Waals surface area contributed by atoms with Gasteiger partial charge in [0.25, 0.3) is 0 Å². The van der Waals surface area contributed by atoms with Crippen LogP contribution < -0.4 is 5.73 Å². The van der Waals surface area contributed by atoms with Crippen LogP contribution in [-0.2, 0) is 0 Å². The highest BCUT2D eigenvalue weighted by Crippen LogP contribution is 2.45. The summed E-state index contributed by atoms with van der Waals surface area (Å²) in [5, 5.41) is 0. The van der Waals surface area contributed by atoms with Crippen LogP contribution in [0.1, 0.15) is 34.1 Å². The Kier molecular flexibility index (Phi) is 4.14. The van der Waals surface area contributed by atoms with Gasteiger partial charge in [0.2, 0.25) is 0 Å². The van der Waals surface area contributed by atoms with Gasteiger partial charge in [-0.2, -0.15) is 13.2 Å². The normalized spacial score (nSPS) is 27.7. The summed E-state index contributed by atoms with van der Waals surface area (Å²) < 4.78 is 38.8. The Labute approximate surface area is 101 Å². The van der Waals surface area contributed by atoms with Crippen LogP contribution in [0.15, 0.2) is 0 Å². The van der Waals surface area contributed by atoms with Crippen molar-refractivity contribution in [1.29, 1.82) is 0 Å². The van der Waals surface area contributed by atoms with Gasteiger partial charge in [0.05, 0.1) is 5.92 Å². The number of hydrogen-bond donors (Lipinski definition) is 1. The lowest BCUT2D eigenvalue weighted by Crippen LogP contribution is -2.55. The van der Waals surface area contributed by atoms with E-state index in [0.29, 0.717) is 13.1 Å². The average Bonchev–Trinajstić information content (AvgIpc) is 2.42. The third-order valence-corrected chi connectivity index (χ3v) is 4.06. The summed E-state index contributed by atoms with van der Waals surface area (Å²) in [4.78, 5) is 1.94. The number of nitrogens with zero attached hydrogens (tertiary/aromatic N) is 1. The molecular weight excluding hydrogens is 229 g/mol. The molecule has 17 heavy (non-hydrogen) atoms. The van der Waals surface area contributed by atoms with Gasteiger partial charge in [-0.15, -0.1) is 0 Å². The van der Waals surface area contributed by atoms with Crippen molar-refractivity contribution in [3.63, 3.8) is 0 Å². The molecule has 0 spiro atoms. The molecule has 1 heterocycles. The molecule has 2 unspecified atom stereocenters. The van der Waals surface area contributed by atoms with Crippen molar-refractivity contribution in [2.45, 2.75) is 51.9 Å². The lowest BCUT2D eigenvalue weighted by molar-refractivity contribution is -0.193. The van der Waals surface area contributed by atoms with E-state index in [1.54, 1.807) is 13.8 Å². The fourth-order valence-corrected chi connectivity index (χ4v) is 3.03. The number of likely N-dealkylation sites (tertiary alicyclic amines) is 1. The Balaban J connectivity index is 2.92. The van der Waals surface area contributed by atoms with Crippen LogP contribution in [0.3, 0.4) is 0 Å². The summed E-state index contributed by atoms with van der Waals surface area (Å²) in [5.41, 5.74) is 4.85. The first kappa shape index (κ1) is 14.8. The Morgan fingerprint density at radius 3 is 2.18 bits per heavy atom. The van der Waals surface area contributed by atoms with E-state index in [-0.39, 0.29) is 18.4 Å². The molecule has 0 saturated carbocycles. The molecule has 0 radical (unpaired) electrons. The van der Waals surface area contributed by atoms with E-state index >= 15 is 0 Å². The predicted octanol–water partition coefficient (Wildman–Crippen LogP) is 2.63. The predicted molar refractivity (Wildman–Crippen MR) is 62.6 cm³/mol. The Bertz CT molecular complexity index is 261. The minimum absolute atomic E-state index is 0.0253. The maximum atomic E-state index is 12.9. The molecule has 0 bridgehead atoms. The van der Waals surface area contributed by atoms with Crippen LogP contribution in [0.5, 0.6) is 0 Å². The maximum Gasteiger partial charge on any atom is 0.393 e. The minimum atomic E-state index is -4.12. The first-order chi connectivity index (χ1) is 7.62. The van der Waals surface area contributed by atoms with Crippen molar-refractivity contribution in [3.8, 4) is 0 Å². The van der Waals surface area contributed by atoms with E-state index in [9.17, 15) is 13.2 Å². The second-order valence-electron chi connectivity index (χ2n) is 5.78. The molecule has 1 aliphatic heterocycles. The number of nitrogens with two attached hydrogens (primary N) is 1. The van der Waals surface area contributed by atoms with Crippen LogP contribution in [0.4, 0.5) is 13.2 Å². The first-order valence-corrected chi connectivity index (χ1v) is 6.16. The highest BCUT2D eigenvalue weighted by molar-refractivity contribution is 5.01. The van der Waals surface area contributed by atoms with Crippen molar-refractivity contribution in [1.82, 2.24) is 4.90 Å². The largest absolute Gasteiger partial charge is 0.393 e. The molecule has 0 aromatic rings. The fraction of sp³-hybridized carbons (Fsp3) is 1.00. The standard InChI is InChI=1S/C12H23F3N2/c1-8(2)9(7-16)17-6-5-10(11(17,3)4)12(13,14)15/h8-10H,5-7,16H2,1-4H3. The summed E-state index contributed by atoms with van der Waals surface area (Å²) in [6.07, 6.45) is -3.94. The van der Waals surface area contributed by atoms with E-state index in [0.717, 1.165) is 0 Å². The molecule has 0 aromatic carbocycles. The zero-order chi connectivity index (χ0) is 13.4. The molecule has 0 aromatic heterocycles. The summed E-state index contributed by atoms with van der Waals surface area (Å²) in [7, 11) is 0. The van der Waals surface area contributed by atoms with E-state index < -0.39 is 17.6 Å². The van der Waals surface area contributed by atoms with E-state index in [1.165, 1.54) is 0 Å². The maximum absolute atomic E-state index is 12.9. The molecule has 2 N–H and O–H groups in total. The van der Waals surface area contributed by atoms with Gasteiger partial charge in [-0.25, -0.2) is 0 Å². The molecule has 1 rings (SSSR count). The highest BCUT2D eigenvalue weighted by atomic mass is 19.4. The number of hydrogen-bond acceptors (Lipinski definition) is 2. The Morgan fingerprint density at radius 1 is 1.35 bits per heavy atom. The highest BCUT2D eigenvalue weighted by Gasteiger charge is 2.56. The molecule has 1 saturated heterocycles.